The Morgan fingerprint density at radius 1 is 0.977 bits per heavy atom. The minimum Gasteiger partial charge on any atom is -0.410 e. The van der Waals surface area contributed by atoms with Gasteiger partial charge in [0.15, 0.2) is 8.32 Å². The Bertz CT molecular complexity index is 1350. The van der Waals surface area contributed by atoms with Crippen molar-refractivity contribution in [1.82, 2.24) is 4.98 Å². The molecule has 0 aliphatic heterocycles. The summed E-state index contributed by atoms with van der Waals surface area (Å²) in [5, 5.41) is 12.2. The van der Waals surface area contributed by atoms with Gasteiger partial charge in [-0.05, 0) is 110 Å². The van der Waals surface area contributed by atoms with E-state index in [1.165, 1.54) is 23.3 Å². The highest BCUT2D eigenvalue weighted by Crippen LogP contribution is 2.53. The van der Waals surface area contributed by atoms with Crippen molar-refractivity contribution in [3.63, 3.8) is 0 Å². The molecule has 1 aromatic heterocycles. The number of hydrogen-bond acceptors (Lipinski definition) is 3. The Morgan fingerprint density at radius 2 is 1.63 bits per heavy atom. The van der Waals surface area contributed by atoms with Gasteiger partial charge in [0.25, 0.3) is 0 Å². The highest BCUT2D eigenvalue weighted by molar-refractivity contribution is 6.74. The quantitative estimate of drug-likeness (QED) is 0.330. The molecular formula is C36H50F3NO2Si. The molecule has 43 heavy (non-hydrogen) atoms. The van der Waals surface area contributed by atoms with Crippen molar-refractivity contribution in [3.8, 4) is 0 Å². The van der Waals surface area contributed by atoms with Gasteiger partial charge in [-0.1, -0.05) is 65.7 Å². The number of alkyl halides is 3. The number of aromatic nitrogens is 1. The fourth-order valence-corrected chi connectivity index (χ4v) is 8.46. The Hall–Kier alpha value is -1.96. The molecule has 0 bridgehead atoms. The van der Waals surface area contributed by atoms with Gasteiger partial charge >= 0.3 is 6.18 Å². The first-order valence-electron chi connectivity index (χ1n) is 16.3. The van der Waals surface area contributed by atoms with Crippen LogP contribution in [-0.4, -0.2) is 18.4 Å². The molecule has 0 saturated heterocycles. The van der Waals surface area contributed by atoms with Crippen LogP contribution in [0.3, 0.4) is 0 Å². The van der Waals surface area contributed by atoms with Crippen LogP contribution in [0.2, 0.25) is 18.1 Å². The lowest BCUT2D eigenvalue weighted by Crippen LogP contribution is -2.44. The summed E-state index contributed by atoms with van der Waals surface area (Å²) in [5.74, 6) is 0.269. The normalized spacial score (nSPS) is 22.3. The molecule has 1 fully saturated rings. The van der Waals surface area contributed by atoms with Gasteiger partial charge in [0.05, 0.1) is 17.4 Å². The Labute approximate surface area is 257 Å². The second-order valence-corrected chi connectivity index (χ2v) is 20.3. The van der Waals surface area contributed by atoms with Crippen molar-refractivity contribution in [2.24, 2.45) is 5.41 Å². The molecule has 1 N–H and O–H groups in total. The molecule has 236 valence electrons. The summed E-state index contributed by atoms with van der Waals surface area (Å²) in [4.78, 5) is 5.44. The van der Waals surface area contributed by atoms with Crippen molar-refractivity contribution >= 4 is 13.9 Å². The second kappa shape index (κ2) is 11.8. The predicted octanol–water partition coefficient (Wildman–Crippen LogP) is 10.8. The number of aliphatic hydroxyl groups excluding tert-OH is 1. The molecule has 2 unspecified atom stereocenters. The molecule has 3 nitrogen and oxygen atoms in total. The topological polar surface area (TPSA) is 42.4 Å². The van der Waals surface area contributed by atoms with E-state index in [4.69, 9.17) is 9.41 Å². The number of rotatable bonds is 6. The molecule has 0 radical (unpaired) electrons. The Morgan fingerprint density at radius 3 is 2.19 bits per heavy atom. The summed E-state index contributed by atoms with van der Waals surface area (Å²) in [6.45, 7) is 16.0. The molecule has 5 rings (SSSR count). The number of allylic oxidation sites excluding steroid dienone is 2. The standard InChI is InChI=1S/C36H50F3NO2Si/c1-34(2,3)43(6,7)42-28-22-35(4,5)21-27-30(28)29(23-13-11-12-14-23)31(32(40-27)24-15-9-8-10-16-24)33(41)25-17-19-26(20-18-25)36(37,38)39/h15,17-20,23,28,33,41H,8-14,16,21-22H2,1-7H3. The zero-order chi connectivity index (χ0) is 31.4. The van der Waals surface area contributed by atoms with Crippen LogP contribution in [0.1, 0.15) is 150 Å². The summed E-state index contributed by atoms with van der Waals surface area (Å²) in [5.41, 5.74) is 6.04. The third-order valence-electron chi connectivity index (χ3n) is 10.5. The average Bonchev–Trinajstić information content (AvgIpc) is 3.45. The smallest absolute Gasteiger partial charge is 0.410 e. The van der Waals surface area contributed by atoms with Crippen LogP contribution >= 0.6 is 0 Å². The SMILES string of the molecule is CC1(C)Cc2nc(C3=CCCCC3)c(C(O)c3ccc(C(F)(F)F)cc3)c(C3CCCC3)c2C(O[Si](C)(C)C(C)(C)C)C1. The maximum atomic E-state index is 13.4. The van der Waals surface area contributed by atoms with Gasteiger partial charge in [-0.2, -0.15) is 13.2 Å². The molecule has 3 aliphatic rings. The monoisotopic (exact) mass is 613 g/mol. The molecule has 1 heterocycles. The third kappa shape index (κ3) is 6.69. The van der Waals surface area contributed by atoms with E-state index in [9.17, 15) is 18.3 Å². The van der Waals surface area contributed by atoms with E-state index in [1.807, 2.05) is 0 Å². The molecule has 1 aromatic carbocycles. The highest BCUT2D eigenvalue weighted by Gasteiger charge is 2.46. The molecule has 0 spiro atoms. The number of aliphatic hydroxyl groups is 1. The zero-order valence-electron chi connectivity index (χ0n) is 27.1. The number of nitrogens with zero attached hydrogens (tertiary/aromatic N) is 1. The summed E-state index contributed by atoms with van der Waals surface area (Å²) in [6, 6.07) is 5.06. The van der Waals surface area contributed by atoms with E-state index >= 15 is 0 Å². The van der Waals surface area contributed by atoms with Gasteiger partial charge in [0.1, 0.15) is 6.10 Å². The Kier molecular flexibility index (Phi) is 8.87. The Balaban J connectivity index is 1.77. The maximum absolute atomic E-state index is 13.4. The first kappa shape index (κ1) is 32.4. The lowest BCUT2D eigenvalue weighted by molar-refractivity contribution is -0.137. The molecule has 1 saturated carbocycles. The van der Waals surface area contributed by atoms with E-state index < -0.39 is 26.2 Å². The fourth-order valence-electron chi connectivity index (χ4n) is 7.19. The number of pyridine rings is 1. The van der Waals surface area contributed by atoms with Gasteiger partial charge in [-0.3, -0.25) is 4.98 Å². The lowest BCUT2D eigenvalue weighted by Gasteiger charge is -2.45. The number of halogens is 3. The number of fused-ring (bicyclic) bond motifs is 1. The van der Waals surface area contributed by atoms with E-state index in [1.54, 1.807) is 0 Å². The molecular weight excluding hydrogens is 563 g/mol. The first-order valence-corrected chi connectivity index (χ1v) is 19.2. The third-order valence-corrected chi connectivity index (χ3v) is 15.0. The van der Waals surface area contributed by atoms with E-state index in [2.05, 4.69) is 53.8 Å². The predicted molar refractivity (Wildman–Crippen MR) is 171 cm³/mol. The maximum Gasteiger partial charge on any atom is 0.416 e. The summed E-state index contributed by atoms with van der Waals surface area (Å²) in [7, 11) is -2.17. The highest BCUT2D eigenvalue weighted by atomic mass is 28.4. The van der Waals surface area contributed by atoms with Crippen LogP contribution in [0.15, 0.2) is 30.3 Å². The van der Waals surface area contributed by atoms with Gasteiger partial charge in [0.2, 0.25) is 0 Å². The van der Waals surface area contributed by atoms with Crippen LogP contribution in [0.4, 0.5) is 13.2 Å². The van der Waals surface area contributed by atoms with Gasteiger partial charge < -0.3 is 9.53 Å². The van der Waals surface area contributed by atoms with Crippen molar-refractivity contribution in [3.05, 3.63) is 69.5 Å². The van der Waals surface area contributed by atoms with E-state index in [0.29, 0.717) is 5.56 Å². The lowest BCUT2D eigenvalue weighted by atomic mass is 9.70. The molecule has 2 aromatic rings. The summed E-state index contributed by atoms with van der Waals surface area (Å²) < 4.78 is 47.6. The summed E-state index contributed by atoms with van der Waals surface area (Å²) >= 11 is 0. The van der Waals surface area contributed by atoms with Crippen LogP contribution < -0.4 is 0 Å². The van der Waals surface area contributed by atoms with Crippen molar-refractivity contribution < 1.29 is 22.7 Å². The van der Waals surface area contributed by atoms with Crippen LogP contribution in [0.25, 0.3) is 5.57 Å². The minimum atomic E-state index is -4.43. The van der Waals surface area contributed by atoms with Gasteiger partial charge in [-0.25, -0.2) is 0 Å². The van der Waals surface area contributed by atoms with E-state index in [0.717, 1.165) is 98.9 Å². The molecule has 2 atom stereocenters. The average molecular weight is 614 g/mol. The van der Waals surface area contributed by atoms with Crippen molar-refractivity contribution in [2.45, 2.75) is 141 Å². The van der Waals surface area contributed by atoms with Crippen LogP contribution in [0, 0.1) is 5.41 Å². The van der Waals surface area contributed by atoms with Gasteiger partial charge in [-0.15, -0.1) is 0 Å². The van der Waals surface area contributed by atoms with Crippen molar-refractivity contribution in [2.75, 3.05) is 0 Å². The second-order valence-electron chi connectivity index (χ2n) is 15.5. The molecule has 7 heteroatoms. The number of benzene rings is 1. The van der Waals surface area contributed by atoms with E-state index in [-0.39, 0.29) is 22.5 Å². The van der Waals surface area contributed by atoms with Crippen molar-refractivity contribution in [1.29, 1.82) is 0 Å². The molecule has 0 amide bonds. The summed E-state index contributed by atoms with van der Waals surface area (Å²) in [6.07, 6.45) is 6.80. The van der Waals surface area contributed by atoms with Crippen LogP contribution in [0.5, 0.6) is 0 Å². The minimum absolute atomic E-state index is 0.00571. The number of hydrogen-bond donors (Lipinski definition) is 1. The largest absolute Gasteiger partial charge is 0.416 e. The fraction of sp³-hybridized carbons (Fsp3) is 0.639. The first-order chi connectivity index (χ1) is 20.0. The van der Waals surface area contributed by atoms with Gasteiger partial charge in [0, 0.05) is 16.8 Å². The van der Waals surface area contributed by atoms with Crippen LogP contribution in [-0.2, 0) is 17.0 Å². The molecule has 3 aliphatic carbocycles. The zero-order valence-corrected chi connectivity index (χ0v) is 28.1.